The second kappa shape index (κ2) is 7.63. The summed E-state index contributed by atoms with van der Waals surface area (Å²) < 4.78 is 16.1. The first kappa shape index (κ1) is 16.8. The monoisotopic (exact) mass is 382 g/mol. The molecule has 8 nitrogen and oxygen atoms in total. The van der Waals surface area contributed by atoms with E-state index in [1.54, 1.807) is 18.3 Å². The van der Waals surface area contributed by atoms with Gasteiger partial charge in [-0.3, -0.25) is 10.2 Å². The van der Waals surface area contributed by atoms with Crippen LogP contribution in [0.3, 0.4) is 0 Å². The normalized spacial score (nSPS) is 10.6. The third-order valence-electron chi connectivity index (χ3n) is 2.88. The van der Waals surface area contributed by atoms with Crippen molar-refractivity contribution in [3.05, 3.63) is 38.7 Å². The zero-order chi connectivity index (χ0) is 16.8. The molecule has 2 aromatic rings. The number of benzene rings is 1. The van der Waals surface area contributed by atoms with Crippen LogP contribution in [0.4, 0.5) is 5.69 Å². The molecule has 9 heteroatoms. The fraction of sp³-hybridized carbons (Fsp3) is 0.214. The van der Waals surface area contributed by atoms with E-state index in [0.717, 1.165) is 5.56 Å². The molecule has 0 spiro atoms. The molecule has 0 unspecified atom stereocenters. The molecule has 1 aromatic heterocycles. The number of hydrogen-bond donors (Lipinski definition) is 2. The van der Waals surface area contributed by atoms with E-state index in [2.05, 4.69) is 36.7 Å². The second-order valence-electron chi connectivity index (χ2n) is 4.26. The second-order valence-corrected chi connectivity index (χ2v) is 5.05. The molecule has 122 valence electrons. The van der Waals surface area contributed by atoms with E-state index in [-0.39, 0.29) is 5.56 Å². The number of aromatic nitrogens is 2. The third-order valence-corrected chi connectivity index (χ3v) is 3.67. The quantitative estimate of drug-likeness (QED) is 0.585. The van der Waals surface area contributed by atoms with Crippen molar-refractivity contribution in [2.24, 2.45) is 5.10 Å². The average molecular weight is 383 g/mol. The van der Waals surface area contributed by atoms with E-state index in [1.165, 1.54) is 27.5 Å². The Morgan fingerprint density at radius 3 is 2.43 bits per heavy atom. The molecule has 2 N–H and O–H groups in total. The van der Waals surface area contributed by atoms with Crippen molar-refractivity contribution in [2.45, 2.75) is 0 Å². The first-order chi connectivity index (χ1) is 11.1. The van der Waals surface area contributed by atoms with Crippen molar-refractivity contribution in [3.8, 4) is 17.2 Å². The average Bonchev–Trinajstić information content (AvgIpc) is 2.57. The van der Waals surface area contributed by atoms with Gasteiger partial charge in [0.25, 0.3) is 5.56 Å². The standard InChI is InChI=1S/C14H15BrN4O4/c1-21-10-4-8(5-11(22-2)13(10)23-3)6-16-18-9-7-17-19-14(20)12(9)15/h4-7H,1-3H3,(H2,18,19,20)/b16-6-. The highest BCUT2D eigenvalue weighted by Gasteiger charge is 2.12. The largest absolute Gasteiger partial charge is 0.493 e. The number of nitrogens with one attached hydrogen (secondary N) is 2. The Bertz CT molecular complexity index is 751. The highest BCUT2D eigenvalue weighted by Crippen LogP contribution is 2.37. The molecule has 1 heterocycles. The maximum Gasteiger partial charge on any atom is 0.280 e. The minimum Gasteiger partial charge on any atom is -0.493 e. The number of aromatic amines is 1. The summed E-state index contributed by atoms with van der Waals surface area (Å²) in [6.07, 6.45) is 3.00. The van der Waals surface area contributed by atoms with E-state index in [4.69, 9.17) is 14.2 Å². The lowest BCUT2D eigenvalue weighted by Crippen LogP contribution is -2.10. The number of anilines is 1. The number of hydrogen-bond acceptors (Lipinski definition) is 7. The van der Waals surface area contributed by atoms with Crippen LogP contribution in [-0.2, 0) is 0 Å². The molecule has 0 aliphatic heterocycles. The van der Waals surface area contributed by atoms with Gasteiger partial charge in [0, 0.05) is 5.56 Å². The number of ether oxygens (including phenoxy) is 3. The summed E-state index contributed by atoms with van der Waals surface area (Å²) in [5.41, 5.74) is 3.55. The van der Waals surface area contributed by atoms with Crippen molar-refractivity contribution < 1.29 is 14.2 Å². The van der Waals surface area contributed by atoms with E-state index in [9.17, 15) is 4.79 Å². The van der Waals surface area contributed by atoms with Gasteiger partial charge < -0.3 is 14.2 Å². The Kier molecular flexibility index (Phi) is 5.58. The van der Waals surface area contributed by atoms with Gasteiger partial charge in [-0.05, 0) is 28.1 Å². The zero-order valence-corrected chi connectivity index (χ0v) is 14.3. The summed E-state index contributed by atoms with van der Waals surface area (Å²) in [4.78, 5) is 11.4. The molecular weight excluding hydrogens is 368 g/mol. The van der Waals surface area contributed by atoms with Gasteiger partial charge in [0.05, 0.1) is 39.4 Å². The number of rotatable bonds is 6. The Balaban J connectivity index is 2.25. The topological polar surface area (TPSA) is 97.8 Å². The summed E-state index contributed by atoms with van der Waals surface area (Å²) in [5.74, 6) is 1.54. The van der Waals surface area contributed by atoms with Gasteiger partial charge in [-0.25, -0.2) is 5.10 Å². The van der Waals surface area contributed by atoms with Gasteiger partial charge in [0.2, 0.25) is 5.75 Å². The van der Waals surface area contributed by atoms with Crippen LogP contribution in [0.1, 0.15) is 5.56 Å². The van der Waals surface area contributed by atoms with Crippen LogP contribution < -0.4 is 25.2 Å². The fourth-order valence-corrected chi connectivity index (χ4v) is 2.09. The molecule has 0 bridgehead atoms. The van der Waals surface area contributed by atoms with E-state index in [1.807, 2.05) is 0 Å². The first-order valence-electron chi connectivity index (χ1n) is 6.43. The Morgan fingerprint density at radius 2 is 1.87 bits per heavy atom. The number of H-pyrrole nitrogens is 1. The molecule has 2 rings (SSSR count). The molecule has 0 amide bonds. The van der Waals surface area contributed by atoms with Crippen molar-refractivity contribution >= 4 is 27.8 Å². The highest BCUT2D eigenvalue weighted by molar-refractivity contribution is 9.10. The van der Waals surface area contributed by atoms with Gasteiger partial charge in [0.1, 0.15) is 4.47 Å². The van der Waals surface area contributed by atoms with Crippen molar-refractivity contribution in [1.82, 2.24) is 10.2 Å². The molecule has 0 saturated heterocycles. The molecular formula is C14H15BrN4O4. The van der Waals surface area contributed by atoms with Crippen LogP contribution in [0.2, 0.25) is 0 Å². The number of hydrazone groups is 1. The van der Waals surface area contributed by atoms with Gasteiger partial charge >= 0.3 is 0 Å². The summed E-state index contributed by atoms with van der Waals surface area (Å²) in [5, 5.41) is 10.1. The van der Waals surface area contributed by atoms with Crippen LogP contribution in [0, 0.1) is 0 Å². The molecule has 23 heavy (non-hydrogen) atoms. The lowest BCUT2D eigenvalue weighted by molar-refractivity contribution is 0.324. The SMILES string of the molecule is COc1cc(/C=N\Nc2cn[nH]c(=O)c2Br)cc(OC)c1OC. The summed E-state index contributed by atoms with van der Waals surface area (Å²) in [7, 11) is 4.61. The van der Waals surface area contributed by atoms with Crippen molar-refractivity contribution in [3.63, 3.8) is 0 Å². The number of nitrogens with zero attached hydrogens (tertiary/aromatic N) is 2. The third kappa shape index (κ3) is 3.81. The van der Waals surface area contributed by atoms with Crippen LogP contribution in [-0.4, -0.2) is 37.7 Å². The maximum absolute atomic E-state index is 11.4. The molecule has 0 aliphatic carbocycles. The molecule has 0 aliphatic rings. The number of methoxy groups -OCH3 is 3. The Morgan fingerprint density at radius 1 is 1.22 bits per heavy atom. The van der Waals surface area contributed by atoms with Crippen LogP contribution in [0.5, 0.6) is 17.2 Å². The Labute approximate surface area is 140 Å². The lowest BCUT2D eigenvalue weighted by atomic mass is 10.2. The van der Waals surface area contributed by atoms with Gasteiger partial charge in [0.15, 0.2) is 11.5 Å². The van der Waals surface area contributed by atoms with Crippen LogP contribution >= 0.6 is 15.9 Å². The minimum atomic E-state index is -0.349. The predicted molar refractivity (Wildman–Crippen MR) is 89.9 cm³/mol. The number of halogens is 1. The smallest absolute Gasteiger partial charge is 0.280 e. The molecule has 0 radical (unpaired) electrons. The van der Waals surface area contributed by atoms with Gasteiger partial charge in [-0.1, -0.05) is 0 Å². The molecule has 1 aromatic carbocycles. The van der Waals surface area contributed by atoms with Crippen molar-refractivity contribution in [1.29, 1.82) is 0 Å². The van der Waals surface area contributed by atoms with Crippen LogP contribution in [0.15, 0.2) is 32.7 Å². The molecule has 0 saturated carbocycles. The summed E-state index contributed by atoms with van der Waals surface area (Å²) in [6.45, 7) is 0. The van der Waals surface area contributed by atoms with E-state index in [0.29, 0.717) is 27.4 Å². The van der Waals surface area contributed by atoms with E-state index >= 15 is 0 Å². The zero-order valence-electron chi connectivity index (χ0n) is 12.7. The molecule has 0 fully saturated rings. The van der Waals surface area contributed by atoms with E-state index < -0.39 is 0 Å². The Hall–Kier alpha value is -2.55. The first-order valence-corrected chi connectivity index (χ1v) is 7.22. The van der Waals surface area contributed by atoms with Crippen LogP contribution in [0.25, 0.3) is 0 Å². The predicted octanol–water partition coefficient (Wildman–Crippen LogP) is 2.00. The van der Waals surface area contributed by atoms with Crippen molar-refractivity contribution in [2.75, 3.05) is 26.8 Å². The van der Waals surface area contributed by atoms with Gasteiger partial charge in [-0.15, -0.1) is 0 Å². The molecule has 0 atom stereocenters. The lowest BCUT2D eigenvalue weighted by Gasteiger charge is -2.12. The highest BCUT2D eigenvalue weighted by atomic mass is 79.9. The fourth-order valence-electron chi connectivity index (χ4n) is 1.81. The maximum atomic E-state index is 11.4. The summed E-state index contributed by atoms with van der Waals surface area (Å²) in [6, 6.07) is 3.50. The summed E-state index contributed by atoms with van der Waals surface area (Å²) >= 11 is 3.15. The van der Waals surface area contributed by atoms with Gasteiger partial charge in [-0.2, -0.15) is 10.2 Å². The minimum absolute atomic E-state index is 0.314.